The SMILES string of the molecule is C=CC(N1CCN(C)CC1)S(=O)(=O)c1cnc(NC(=O)N(C2CCCCC2)C2CCN(C(C)=O)CC2)s1. The van der Waals surface area contributed by atoms with Crippen LogP contribution >= 0.6 is 11.3 Å². The van der Waals surface area contributed by atoms with Crippen LogP contribution in [0, 0.1) is 0 Å². The predicted octanol–water partition coefficient (Wildman–Crippen LogP) is 2.85. The first-order valence-electron chi connectivity index (χ1n) is 13.3. The van der Waals surface area contributed by atoms with Crippen molar-refractivity contribution in [3.63, 3.8) is 0 Å². The van der Waals surface area contributed by atoms with E-state index in [4.69, 9.17) is 0 Å². The number of thiazole rings is 1. The second kappa shape index (κ2) is 12.2. The van der Waals surface area contributed by atoms with Crippen LogP contribution in [0.15, 0.2) is 23.1 Å². The van der Waals surface area contributed by atoms with Gasteiger partial charge in [0.1, 0.15) is 9.58 Å². The molecule has 2 saturated heterocycles. The Morgan fingerprint density at radius 1 is 1.08 bits per heavy atom. The van der Waals surface area contributed by atoms with Crippen molar-refractivity contribution in [1.82, 2.24) is 24.6 Å². The fourth-order valence-electron chi connectivity index (χ4n) is 5.72. The Labute approximate surface area is 224 Å². The highest BCUT2D eigenvalue weighted by Crippen LogP contribution is 2.31. The number of likely N-dealkylation sites (N-methyl/N-ethyl adjacent to an activating group) is 1. The van der Waals surface area contributed by atoms with Crippen LogP contribution in [0.2, 0.25) is 0 Å². The van der Waals surface area contributed by atoms with Gasteiger partial charge in [-0.3, -0.25) is 15.0 Å². The van der Waals surface area contributed by atoms with E-state index >= 15 is 0 Å². The normalized spacial score (nSPS) is 21.9. The van der Waals surface area contributed by atoms with Gasteiger partial charge in [-0.1, -0.05) is 36.7 Å². The molecule has 3 heterocycles. The molecule has 0 aromatic carbocycles. The summed E-state index contributed by atoms with van der Waals surface area (Å²) in [5.74, 6) is 0.0676. The Morgan fingerprint density at radius 2 is 1.70 bits per heavy atom. The van der Waals surface area contributed by atoms with Crippen molar-refractivity contribution in [3.05, 3.63) is 18.9 Å². The lowest BCUT2D eigenvalue weighted by atomic mass is 9.91. The van der Waals surface area contributed by atoms with Gasteiger partial charge in [-0.2, -0.15) is 0 Å². The van der Waals surface area contributed by atoms with Gasteiger partial charge in [0.15, 0.2) is 5.13 Å². The second-order valence-electron chi connectivity index (χ2n) is 10.4. The minimum Gasteiger partial charge on any atom is -0.343 e. The molecule has 10 nitrogen and oxygen atoms in total. The number of piperidine rings is 1. The number of piperazine rings is 1. The number of carbonyl (C=O) groups excluding carboxylic acids is 2. The van der Waals surface area contributed by atoms with E-state index in [1.165, 1.54) is 18.7 Å². The molecule has 206 valence electrons. The Morgan fingerprint density at radius 3 is 2.30 bits per heavy atom. The third-order valence-corrected chi connectivity index (χ3v) is 11.3. The number of anilines is 1. The number of likely N-dealkylation sites (tertiary alicyclic amines) is 1. The molecular formula is C25H40N6O4S2. The number of rotatable bonds is 7. The zero-order chi connectivity index (χ0) is 26.6. The molecule has 1 saturated carbocycles. The molecule has 1 aliphatic carbocycles. The first kappa shape index (κ1) is 28.0. The summed E-state index contributed by atoms with van der Waals surface area (Å²) in [6.45, 7) is 9.55. The van der Waals surface area contributed by atoms with Crippen LogP contribution in [0.25, 0.3) is 0 Å². The summed E-state index contributed by atoms with van der Waals surface area (Å²) in [5, 5.41) is 2.37. The number of hydrogen-bond acceptors (Lipinski definition) is 8. The summed E-state index contributed by atoms with van der Waals surface area (Å²) in [5.41, 5.74) is 0. The van der Waals surface area contributed by atoms with Crippen LogP contribution in [0.5, 0.6) is 0 Å². The third-order valence-electron chi connectivity index (χ3n) is 7.90. The molecule has 0 bridgehead atoms. The van der Waals surface area contributed by atoms with Crippen LogP contribution in [0.4, 0.5) is 9.93 Å². The van der Waals surface area contributed by atoms with Crippen molar-refractivity contribution in [2.75, 3.05) is 51.6 Å². The number of carbonyl (C=O) groups is 2. The van der Waals surface area contributed by atoms with Crippen LogP contribution in [0.3, 0.4) is 0 Å². The first-order chi connectivity index (χ1) is 17.7. The molecule has 1 aromatic heterocycles. The predicted molar refractivity (Wildman–Crippen MR) is 145 cm³/mol. The fraction of sp³-hybridized carbons (Fsp3) is 0.720. The molecule has 12 heteroatoms. The first-order valence-corrected chi connectivity index (χ1v) is 15.7. The van der Waals surface area contributed by atoms with Crippen molar-refractivity contribution in [3.8, 4) is 0 Å². The van der Waals surface area contributed by atoms with Gasteiger partial charge in [0.2, 0.25) is 15.7 Å². The summed E-state index contributed by atoms with van der Waals surface area (Å²) in [6.07, 6.45) is 9.61. The molecule has 1 atom stereocenters. The van der Waals surface area contributed by atoms with Crippen molar-refractivity contribution < 1.29 is 18.0 Å². The smallest absolute Gasteiger partial charge is 0.324 e. The lowest BCUT2D eigenvalue weighted by molar-refractivity contribution is -0.130. The Bertz CT molecular complexity index is 1050. The quantitative estimate of drug-likeness (QED) is 0.519. The highest BCUT2D eigenvalue weighted by atomic mass is 32.2. The van der Waals surface area contributed by atoms with Crippen LogP contribution in [-0.2, 0) is 14.6 Å². The molecule has 0 spiro atoms. The standard InChI is InChI=1S/C25H40N6O4S2/c1-4-22(30-16-14-28(3)15-17-30)37(34,35)23-18-26-24(36-23)27-25(33)31(20-8-6-5-7-9-20)21-10-12-29(13-11-21)19(2)32/h4,18,20-22H,1,5-17H2,2-3H3,(H,26,27,33). The number of amides is 3. The molecule has 3 fully saturated rings. The lowest BCUT2D eigenvalue weighted by Gasteiger charge is -2.43. The van der Waals surface area contributed by atoms with Gasteiger partial charge in [0.25, 0.3) is 0 Å². The van der Waals surface area contributed by atoms with Crippen molar-refractivity contribution in [2.45, 2.75) is 73.5 Å². The summed E-state index contributed by atoms with van der Waals surface area (Å²) >= 11 is 0.996. The fourth-order valence-corrected chi connectivity index (χ4v) is 8.55. The Hall–Kier alpha value is -2.02. The third kappa shape index (κ3) is 6.52. The van der Waals surface area contributed by atoms with Crippen LogP contribution in [0.1, 0.15) is 51.9 Å². The zero-order valence-electron chi connectivity index (χ0n) is 22.0. The number of nitrogens with one attached hydrogen (secondary N) is 1. The maximum atomic E-state index is 13.6. The summed E-state index contributed by atoms with van der Waals surface area (Å²) < 4.78 is 27.0. The number of urea groups is 1. The molecule has 1 aromatic rings. The van der Waals surface area contributed by atoms with Crippen LogP contribution < -0.4 is 5.32 Å². The van der Waals surface area contributed by atoms with Crippen molar-refractivity contribution >= 4 is 38.2 Å². The Balaban J connectivity index is 1.47. The molecular weight excluding hydrogens is 512 g/mol. The molecule has 0 radical (unpaired) electrons. The van der Waals surface area contributed by atoms with E-state index in [1.807, 2.05) is 21.7 Å². The van der Waals surface area contributed by atoms with E-state index in [-0.39, 0.29) is 33.4 Å². The van der Waals surface area contributed by atoms with E-state index in [9.17, 15) is 18.0 Å². The minimum absolute atomic E-state index is 0.0456. The van der Waals surface area contributed by atoms with E-state index in [1.54, 1.807) is 6.92 Å². The maximum Gasteiger partial charge on any atom is 0.324 e. The Kier molecular flexibility index (Phi) is 9.25. The number of aromatic nitrogens is 1. The molecule has 2 aliphatic heterocycles. The van der Waals surface area contributed by atoms with Gasteiger partial charge in [0.05, 0.1) is 6.20 Å². The highest BCUT2D eigenvalue weighted by molar-refractivity contribution is 7.94. The number of nitrogens with zero attached hydrogens (tertiary/aromatic N) is 5. The van der Waals surface area contributed by atoms with Crippen molar-refractivity contribution in [2.24, 2.45) is 0 Å². The summed E-state index contributed by atoms with van der Waals surface area (Å²) in [7, 11) is -1.69. The summed E-state index contributed by atoms with van der Waals surface area (Å²) in [4.78, 5) is 37.5. The summed E-state index contributed by atoms with van der Waals surface area (Å²) in [6, 6.07) is -0.0387. The number of hydrogen-bond donors (Lipinski definition) is 1. The van der Waals surface area contributed by atoms with E-state index < -0.39 is 15.2 Å². The second-order valence-corrected chi connectivity index (χ2v) is 13.7. The zero-order valence-corrected chi connectivity index (χ0v) is 23.6. The van der Waals surface area contributed by atoms with Crippen molar-refractivity contribution in [1.29, 1.82) is 0 Å². The largest absolute Gasteiger partial charge is 0.343 e. The lowest BCUT2D eigenvalue weighted by Crippen LogP contribution is -2.54. The molecule has 4 rings (SSSR count). The average Bonchev–Trinajstić information content (AvgIpc) is 3.36. The topological polar surface area (TPSA) is 106 Å². The van der Waals surface area contributed by atoms with E-state index in [2.05, 4.69) is 21.8 Å². The molecule has 3 aliphatic rings. The van der Waals surface area contributed by atoms with Crippen LogP contribution in [-0.4, -0.2) is 109 Å². The number of sulfone groups is 1. The van der Waals surface area contributed by atoms with Gasteiger partial charge < -0.3 is 14.7 Å². The van der Waals surface area contributed by atoms with Gasteiger partial charge in [-0.05, 0) is 32.7 Å². The maximum absolute atomic E-state index is 13.6. The van der Waals surface area contributed by atoms with Gasteiger partial charge >= 0.3 is 6.03 Å². The van der Waals surface area contributed by atoms with Gasteiger partial charge in [0, 0.05) is 58.3 Å². The molecule has 1 N–H and O–H groups in total. The monoisotopic (exact) mass is 552 g/mol. The van der Waals surface area contributed by atoms with Gasteiger partial charge in [-0.25, -0.2) is 18.2 Å². The highest BCUT2D eigenvalue weighted by Gasteiger charge is 2.36. The minimum atomic E-state index is -3.72. The van der Waals surface area contributed by atoms with Gasteiger partial charge in [-0.15, -0.1) is 6.58 Å². The average molecular weight is 553 g/mol. The molecule has 3 amide bonds. The molecule has 37 heavy (non-hydrogen) atoms. The molecule has 1 unspecified atom stereocenters. The van der Waals surface area contributed by atoms with E-state index in [0.717, 1.165) is 63.0 Å². The van der Waals surface area contributed by atoms with E-state index in [0.29, 0.717) is 26.2 Å².